The van der Waals surface area contributed by atoms with Crippen LogP contribution >= 0.6 is 11.6 Å². The predicted octanol–water partition coefficient (Wildman–Crippen LogP) is 2.27. The monoisotopic (exact) mass is 223 g/mol. The highest BCUT2D eigenvalue weighted by Crippen LogP contribution is 2.20. The van der Waals surface area contributed by atoms with Crippen LogP contribution < -0.4 is 0 Å². The lowest BCUT2D eigenvalue weighted by molar-refractivity contribution is -0.128. The van der Waals surface area contributed by atoms with Crippen molar-refractivity contribution in [2.24, 2.45) is 5.92 Å². The largest absolute Gasteiger partial charge is 0.338 e. The average molecular weight is 224 g/mol. The van der Waals surface area contributed by atoms with Crippen LogP contribution in [0, 0.1) is 5.92 Å². The molecule has 0 radical (unpaired) electrons. The van der Waals surface area contributed by atoms with Crippen molar-refractivity contribution < 1.29 is 4.79 Å². The molecule has 1 unspecified atom stereocenters. The molecule has 1 atom stereocenters. The third-order valence-electron chi connectivity index (χ3n) is 2.73. The molecule has 80 valence electrons. The molecule has 0 aromatic heterocycles. The number of carbonyl (C=O) groups excluding carboxylic acids is 1. The minimum atomic E-state index is 0.226. The van der Waals surface area contributed by atoms with Crippen LogP contribution in [0.25, 0.3) is 0 Å². The van der Waals surface area contributed by atoms with E-state index in [9.17, 15) is 4.79 Å². The second kappa shape index (κ2) is 4.67. The first-order valence-electron chi connectivity index (χ1n) is 5.17. The number of alkyl halides is 1. The molecule has 0 saturated carbocycles. The summed E-state index contributed by atoms with van der Waals surface area (Å²) in [7, 11) is 0. The van der Waals surface area contributed by atoms with E-state index in [1.165, 1.54) is 5.56 Å². The zero-order valence-corrected chi connectivity index (χ0v) is 9.28. The van der Waals surface area contributed by atoms with Gasteiger partial charge < -0.3 is 4.90 Å². The maximum atomic E-state index is 11.6. The number of hydrogen-bond donors (Lipinski definition) is 0. The minimum Gasteiger partial charge on any atom is -0.338 e. The number of halogens is 1. The van der Waals surface area contributed by atoms with E-state index in [1.807, 2.05) is 35.2 Å². The molecule has 2 rings (SSSR count). The van der Waals surface area contributed by atoms with Crippen LogP contribution in [0.2, 0.25) is 0 Å². The van der Waals surface area contributed by atoms with E-state index < -0.39 is 0 Å². The van der Waals surface area contributed by atoms with E-state index in [1.54, 1.807) is 0 Å². The quantitative estimate of drug-likeness (QED) is 0.720. The second-order valence-electron chi connectivity index (χ2n) is 3.98. The third kappa shape index (κ3) is 2.51. The molecule has 0 aliphatic carbocycles. The highest BCUT2D eigenvalue weighted by atomic mass is 35.5. The lowest BCUT2D eigenvalue weighted by Gasteiger charge is -2.16. The molecule has 2 nitrogen and oxygen atoms in total. The van der Waals surface area contributed by atoms with Crippen molar-refractivity contribution in [3.63, 3.8) is 0 Å². The van der Waals surface area contributed by atoms with E-state index in [0.717, 1.165) is 6.54 Å². The summed E-state index contributed by atoms with van der Waals surface area (Å²) in [5.41, 5.74) is 1.18. The Bertz CT molecular complexity index is 339. The van der Waals surface area contributed by atoms with Gasteiger partial charge in [-0.1, -0.05) is 30.3 Å². The number of nitrogens with zero attached hydrogens (tertiary/aromatic N) is 1. The molecule has 0 spiro atoms. The molecule has 1 aromatic rings. The van der Waals surface area contributed by atoms with Crippen LogP contribution in [0.15, 0.2) is 30.3 Å². The van der Waals surface area contributed by atoms with E-state index in [-0.39, 0.29) is 5.91 Å². The first kappa shape index (κ1) is 10.5. The van der Waals surface area contributed by atoms with Gasteiger partial charge in [-0.25, -0.2) is 0 Å². The molecule has 0 bridgehead atoms. The summed E-state index contributed by atoms with van der Waals surface area (Å²) in [6.07, 6.45) is 0.607. The van der Waals surface area contributed by atoms with Crippen LogP contribution in [0.4, 0.5) is 0 Å². The fourth-order valence-electron chi connectivity index (χ4n) is 1.91. The molecular weight excluding hydrogens is 210 g/mol. The fraction of sp³-hybridized carbons (Fsp3) is 0.417. The van der Waals surface area contributed by atoms with Gasteiger partial charge in [0, 0.05) is 25.4 Å². The third-order valence-corrected chi connectivity index (χ3v) is 3.17. The maximum Gasteiger partial charge on any atom is 0.223 e. The molecule has 1 amide bonds. The summed E-state index contributed by atoms with van der Waals surface area (Å²) in [6, 6.07) is 10.1. The fourth-order valence-corrected chi connectivity index (χ4v) is 2.12. The highest BCUT2D eigenvalue weighted by Gasteiger charge is 2.28. The van der Waals surface area contributed by atoms with Crippen molar-refractivity contribution in [3.05, 3.63) is 35.9 Å². The molecule has 1 aliphatic rings. The van der Waals surface area contributed by atoms with E-state index in [0.29, 0.717) is 24.8 Å². The van der Waals surface area contributed by atoms with Gasteiger partial charge in [0.1, 0.15) is 0 Å². The Morgan fingerprint density at radius 2 is 2.07 bits per heavy atom. The standard InChI is InChI=1S/C12H14ClNO/c13-7-11-6-12(15)14(9-11)8-10-4-2-1-3-5-10/h1-5,11H,6-9H2. The van der Waals surface area contributed by atoms with Gasteiger partial charge in [0.05, 0.1) is 0 Å². The van der Waals surface area contributed by atoms with Crippen LogP contribution in [-0.4, -0.2) is 23.2 Å². The molecule has 0 N–H and O–H groups in total. The molecule has 1 heterocycles. The summed E-state index contributed by atoms with van der Waals surface area (Å²) >= 11 is 5.76. The summed E-state index contributed by atoms with van der Waals surface area (Å²) in [4.78, 5) is 13.5. The van der Waals surface area contributed by atoms with Crippen molar-refractivity contribution in [2.45, 2.75) is 13.0 Å². The highest BCUT2D eigenvalue weighted by molar-refractivity contribution is 6.18. The van der Waals surface area contributed by atoms with Gasteiger partial charge in [-0.05, 0) is 11.5 Å². The molecule has 1 aromatic carbocycles. The normalized spacial score (nSPS) is 21.0. The molecular formula is C12H14ClNO. The van der Waals surface area contributed by atoms with Gasteiger partial charge in [-0.15, -0.1) is 11.6 Å². The van der Waals surface area contributed by atoms with E-state index in [2.05, 4.69) is 0 Å². The van der Waals surface area contributed by atoms with Gasteiger partial charge in [-0.3, -0.25) is 4.79 Å². The van der Waals surface area contributed by atoms with Crippen LogP contribution in [-0.2, 0) is 11.3 Å². The molecule has 1 aliphatic heterocycles. The number of carbonyl (C=O) groups is 1. The Balaban J connectivity index is 1.99. The first-order valence-corrected chi connectivity index (χ1v) is 5.70. The second-order valence-corrected chi connectivity index (χ2v) is 4.29. The molecule has 15 heavy (non-hydrogen) atoms. The number of amides is 1. The summed E-state index contributed by atoms with van der Waals surface area (Å²) in [5.74, 6) is 1.14. The predicted molar refractivity (Wildman–Crippen MR) is 60.7 cm³/mol. The summed E-state index contributed by atoms with van der Waals surface area (Å²) in [6.45, 7) is 1.52. The maximum absolute atomic E-state index is 11.6. The molecule has 3 heteroatoms. The van der Waals surface area contributed by atoms with Crippen molar-refractivity contribution in [2.75, 3.05) is 12.4 Å². The smallest absolute Gasteiger partial charge is 0.223 e. The SMILES string of the molecule is O=C1CC(CCl)CN1Cc1ccccc1. The molecule has 1 saturated heterocycles. The van der Waals surface area contributed by atoms with Gasteiger partial charge in [0.2, 0.25) is 5.91 Å². The van der Waals surface area contributed by atoms with Gasteiger partial charge in [0.25, 0.3) is 0 Å². The van der Waals surface area contributed by atoms with Gasteiger partial charge >= 0.3 is 0 Å². The number of hydrogen-bond acceptors (Lipinski definition) is 1. The van der Waals surface area contributed by atoms with Crippen molar-refractivity contribution in [3.8, 4) is 0 Å². The Kier molecular flexibility index (Phi) is 3.27. The van der Waals surface area contributed by atoms with Crippen LogP contribution in [0.3, 0.4) is 0 Å². The van der Waals surface area contributed by atoms with Crippen LogP contribution in [0.1, 0.15) is 12.0 Å². The topological polar surface area (TPSA) is 20.3 Å². The lowest BCUT2D eigenvalue weighted by Crippen LogP contribution is -2.24. The van der Waals surface area contributed by atoms with Gasteiger partial charge in [-0.2, -0.15) is 0 Å². The van der Waals surface area contributed by atoms with Gasteiger partial charge in [0.15, 0.2) is 0 Å². The van der Waals surface area contributed by atoms with E-state index >= 15 is 0 Å². The summed E-state index contributed by atoms with van der Waals surface area (Å²) in [5, 5.41) is 0. The number of rotatable bonds is 3. The average Bonchev–Trinajstić information content (AvgIpc) is 2.61. The van der Waals surface area contributed by atoms with Crippen molar-refractivity contribution in [1.82, 2.24) is 4.90 Å². The Labute approximate surface area is 94.8 Å². The Morgan fingerprint density at radius 1 is 1.33 bits per heavy atom. The van der Waals surface area contributed by atoms with Crippen molar-refractivity contribution >= 4 is 17.5 Å². The Morgan fingerprint density at radius 3 is 2.67 bits per heavy atom. The van der Waals surface area contributed by atoms with Crippen molar-refractivity contribution in [1.29, 1.82) is 0 Å². The summed E-state index contributed by atoms with van der Waals surface area (Å²) < 4.78 is 0. The zero-order chi connectivity index (χ0) is 10.7. The molecule has 1 fully saturated rings. The number of benzene rings is 1. The minimum absolute atomic E-state index is 0.226. The lowest BCUT2D eigenvalue weighted by atomic mass is 10.1. The first-order chi connectivity index (χ1) is 7.29. The van der Waals surface area contributed by atoms with E-state index in [4.69, 9.17) is 11.6 Å². The Hall–Kier alpha value is -1.02. The zero-order valence-electron chi connectivity index (χ0n) is 8.53. The number of likely N-dealkylation sites (tertiary alicyclic amines) is 1. The van der Waals surface area contributed by atoms with Crippen LogP contribution in [0.5, 0.6) is 0 Å².